The molecule has 0 unspecified atom stereocenters. The van der Waals surface area contributed by atoms with Gasteiger partial charge in [0.15, 0.2) is 11.5 Å². The van der Waals surface area contributed by atoms with E-state index >= 15 is 0 Å². The van der Waals surface area contributed by atoms with Crippen molar-refractivity contribution in [3.05, 3.63) is 36.0 Å². The number of alkyl halides is 5. The summed E-state index contributed by atoms with van der Waals surface area (Å²) in [6, 6.07) is 1.40. The van der Waals surface area contributed by atoms with Crippen molar-refractivity contribution in [1.82, 2.24) is 19.7 Å². The lowest BCUT2D eigenvalue weighted by Crippen LogP contribution is -2.21. The molecule has 0 aromatic carbocycles. The van der Waals surface area contributed by atoms with Crippen molar-refractivity contribution in [3.63, 3.8) is 0 Å². The molecule has 0 radical (unpaired) electrons. The van der Waals surface area contributed by atoms with Crippen LogP contribution in [0.1, 0.15) is 22.7 Å². The molecule has 2 heterocycles. The fourth-order valence-corrected chi connectivity index (χ4v) is 1.38. The molecular formula is C12H10F5N5O4. The van der Waals surface area contributed by atoms with Gasteiger partial charge in [-0.25, -0.2) is 24.2 Å². The van der Waals surface area contributed by atoms with Crippen molar-refractivity contribution in [3.8, 4) is 0 Å². The number of hydrogen-bond donors (Lipinski definition) is 3. The number of aromatic carboxylic acids is 1. The Morgan fingerprint density at radius 2 is 1.77 bits per heavy atom. The average Bonchev–Trinajstić information content (AvgIpc) is 3.02. The van der Waals surface area contributed by atoms with Crippen LogP contribution in [0.25, 0.3) is 0 Å². The Morgan fingerprint density at radius 1 is 1.19 bits per heavy atom. The third-order valence-electron chi connectivity index (χ3n) is 2.44. The predicted octanol–water partition coefficient (Wildman–Crippen LogP) is 2.01. The van der Waals surface area contributed by atoms with Gasteiger partial charge in [-0.05, 0) is 6.07 Å². The van der Waals surface area contributed by atoms with Gasteiger partial charge in [0, 0.05) is 18.6 Å². The zero-order valence-corrected chi connectivity index (χ0v) is 12.5. The minimum atomic E-state index is -5.08. The average molecular weight is 383 g/mol. The monoisotopic (exact) mass is 383 g/mol. The molecule has 0 amide bonds. The summed E-state index contributed by atoms with van der Waals surface area (Å²) in [6.07, 6.45) is -1.37. The molecule has 14 heteroatoms. The third-order valence-corrected chi connectivity index (χ3v) is 2.44. The molecule has 0 bridgehead atoms. The van der Waals surface area contributed by atoms with E-state index in [0.29, 0.717) is 10.4 Å². The Morgan fingerprint density at radius 3 is 2.23 bits per heavy atom. The van der Waals surface area contributed by atoms with Gasteiger partial charge in [-0.2, -0.15) is 27.1 Å². The Hall–Kier alpha value is -3.32. The summed E-state index contributed by atoms with van der Waals surface area (Å²) in [5.41, 5.74) is 0.0954. The van der Waals surface area contributed by atoms with Crippen LogP contribution in [-0.4, -0.2) is 48.1 Å². The first-order valence-electron chi connectivity index (χ1n) is 6.42. The number of nitrogens with one attached hydrogen (secondary N) is 1. The van der Waals surface area contributed by atoms with Crippen LogP contribution in [0.3, 0.4) is 0 Å². The largest absolute Gasteiger partial charge is 0.490 e. The molecule has 0 spiro atoms. The second-order valence-electron chi connectivity index (χ2n) is 4.28. The molecule has 2 rings (SSSR count). The van der Waals surface area contributed by atoms with Gasteiger partial charge in [0.2, 0.25) is 0 Å². The van der Waals surface area contributed by atoms with E-state index in [1.165, 1.54) is 18.5 Å². The first-order chi connectivity index (χ1) is 12.0. The van der Waals surface area contributed by atoms with Crippen LogP contribution in [0.2, 0.25) is 0 Å². The number of halogens is 5. The third kappa shape index (κ3) is 6.29. The number of carbonyl (C=O) groups is 2. The zero-order valence-electron chi connectivity index (χ0n) is 12.5. The molecule has 0 saturated carbocycles. The fourth-order valence-electron chi connectivity index (χ4n) is 1.38. The Labute approximate surface area is 141 Å². The first kappa shape index (κ1) is 20.7. The summed E-state index contributed by atoms with van der Waals surface area (Å²) in [5, 5.41) is 22.3. The van der Waals surface area contributed by atoms with Gasteiger partial charge in [-0.1, -0.05) is 0 Å². The lowest BCUT2D eigenvalue weighted by atomic mass is 10.3. The van der Waals surface area contributed by atoms with Crippen LogP contribution in [0.5, 0.6) is 0 Å². The standard InChI is InChI=1S/C10H9F2N5O2.C2HF3O2/c11-10(12)17-4-1-6(16-17)5-15-8-7(9(18)19)13-2-3-14-8;3-2(4,5)1(6)7/h1-4,10H,5H2,(H,14,15)(H,18,19);(H,6,7). The van der Waals surface area contributed by atoms with Crippen LogP contribution >= 0.6 is 0 Å². The summed E-state index contributed by atoms with van der Waals surface area (Å²) >= 11 is 0. The quantitative estimate of drug-likeness (QED) is 0.669. The van der Waals surface area contributed by atoms with E-state index in [4.69, 9.17) is 15.0 Å². The molecule has 0 aliphatic heterocycles. The molecule has 0 aliphatic rings. The number of rotatable bonds is 5. The normalized spacial score (nSPS) is 10.8. The lowest BCUT2D eigenvalue weighted by molar-refractivity contribution is -0.192. The second-order valence-corrected chi connectivity index (χ2v) is 4.28. The van der Waals surface area contributed by atoms with Gasteiger partial charge in [-0.3, -0.25) is 0 Å². The van der Waals surface area contributed by atoms with E-state index in [1.54, 1.807) is 0 Å². The smallest absolute Gasteiger partial charge is 0.476 e. The maximum absolute atomic E-state index is 12.3. The van der Waals surface area contributed by atoms with Crippen LogP contribution in [-0.2, 0) is 11.3 Å². The van der Waals surface area contributed by atoms with E-state index in [2.05, 4.69) is 20.4 Å². The second kappa shape index (κ2) is 8.68. The van der Waals surface area contributed by atoms with Crippen LogP contribution in [0.4, 0.5) is 27.8 Å². The summed E-state index contributed by atoms with van der Waals surface area (Å²) < 4.78 is 56.8. The van der Waals surface area contributed by atoms with Gasteiger partial charge in [0.05, 0.1) is 12.2 Å². The van der Waals surface area contributed by atoms with E-state index in [-0.39, 0.29) is 18.1 Å². The number of carboxylic acid groups (broad SMARTS) is 2. The van der Waals surface area contributed by atoms with Gasteiger partial charge in [-0.15, -0.1) is 0 Å². The van der Waals surface area contributed by atoms with Crippen molar-refractivity contribution >= 4 is 17.8 Å². The number of anilines is 1. The van der Waals surface area contributed by atoms with E-state index in [9.17, 15) is 26.7 Å². The van der Waals surface area contributed by atoms with Crippen LogP contribution in [0, 0.1) is 0 Å². The lowest BCUT2D eigenvalue weighted by Gasteiger charge is -2.05. The molecule has 26 heavy (non-hydrogen) atoms. The van der Waals surface area contributed by atoms with Crippen LogP contribution < -0.4 is 5.32 Å². The molecule has 142 valence electrons. The SMILES string of the molecule is O=C(O)C(F)(F)F.O=C(O)c1nccnc1NCc1ccn(C(F)F)n1. The molecule has 0 fully saturated rings. The summed E-state index contributed by atoms with van der Waals surface area (Å²) in [4.78, 5) is 27.2. The number of hydrogen-bond acceptors (Lipinski definition) is 6. The molecular weight excluding hydrogens is 373 g/mol. The minimum absolute atomic E-state index is 0.0570. The first-order valence-corrected chi connectivity index (χ1v) is 6.42. The van der Waals surface area contributed by atoms with Crippen molar-refractivity contribution in [2.75, 3.05) is 5.32 Å². The molecule has 2 aromatic heterocycles. The molecule has 3 N–H and O–H groups in total. The fraction of sp³-hybridized carbons (Fsp3) is 0.250. The van der Waals surface area contributed by atoms with Crippen molar-refractivity contribution < 1.29 is 41.8 Å². The van der Waals surface area contributed by atoms with Gasteiger partial charge in [0.25, 0.3) is 0 Å². The highest BCUT2D eigenvalue weighted by Crippen LogP contribution is 2.13. The number of aromatic nitrogens is 4. The molecule has 0 atom stereocenters. The van der Waals surface area contributed by atoms with E-state index in [1.807, 2.05) is 0 Å². The molecule has 9 nitrogen and oxygen atoms in total. The highest BCUT2D eigenvalue weighted by Gasteiger charge is 2.38. The van der Waals surface area contributed by atoms with Crippen molar-refractivity contribution in [2.24, 2.45) is 0 Å². The van der Waals surface area contributed by atoms with Crippen molar-refractivity contribution in [2.45, 2.75) is 19.3 Å². The molecule has 0 saturated heterocycles. The maximum atomic E-state index is 12.3. The number of aliphatic carboxylic acids is 1. The molecule has 2 aromatic rings. The predicted molar refractivity (Wildman–Crippen MR) is 73.5 cm³/mol. The van der Waals surface area contributed by atoms with E-state index < -0.39 is 24.7 Å². The summed E-state index contributed by atoms with van der Waals surface area (Å²) in [6.45, 7) is -2.64. The van der Waals surface area contributed by atoms with Crippen LogP contribution in [0.15, 0.2) is 24.7 Å². The van der Waals surface area contributed by atoms with Gasteiger partial charge < -0.3 is 15.5 Å². The van der Waals surface area contributed by atoms with Gasteiger partial charge in [0.1, 0.15) is 0 Å². The Balaban J connectivity index is 0.000000412. The van der Waals surface area contributed by atoms with E-state index in [0.717, 1.165) is 6.20 Å². The summed E-state index contributed by atoms with van der Waals surface area (Å²) in [5.74, 6) is -3.93. The van der Waals surface area contributed by atoms with Gasteiger partial charge >= 0.3 is 24.7 Å². The number of carboxylic acids is 2. The summed E-state index contributed by atoms with van der Waals surface area (Å²) in [7, 11) is 0. The Kier molecular flexibility index (Phi) is 6.92. The highest BCUT2D eigenvalue weighted by molar-refractivity contribution is 5.90. The zero-order chi connectivity index (χ0) is 19.9. The topological polar surface area (TPSA) is 130 Å². The molecule has 0 aliphatic carbocycles. The number of nitrogens with zero attached hydrogens (tertiary/aromatic N) is 4. The highest BCUT2D eigenvalue weighted by atomic mass is 19.4. The Bertz CT molecular complexity index is 764. The minimum Gasteiger partial charge on any atom is -0.476 e. The maximum Gasteiger partial charge on any atom is 0.490 e. The van der Waals surface area contributed by atoms with Crippen molar-refractivity contribution in [1.29, 1.82) is 0 Å².